The number of amides is 2. The van der Waals surface area contributed by atoms with E-state index in [2.05, 4.69) is 36.6 Å². The molecule has 3 aliphatic heterocycles. The quantitative estimate of drug-likeness (QED) is 0.160. The number of fused-ring (bicyclic) bond motifs is 5. The van der Waals surface area contributed by atoms with E-state index in [0.717, 1.165) is 38.9 Å². The Balaban J connectivity index is 1.07. The fraction of sp³-hybridized carbons (Fsp3) is 0.404. The van der Waals surface area contributed by atoms with Crippen LogP contribution in [0.2, 0.25) is 0 Å². The van der Waals surface area contributed by atoms with Gasteiger partial charge in [0.25, 0.3) is 0 Å². The third kappa shape index (κ3) is 8.14. The summed E-state index contributed by atoms with van der Waals surface area (Å²) in [5.41, 5.74) is 4.99. The molecule has 3 aliphatic rings. The lowest BCUT2D eigenvalue weighted by molar-refractivity contribution is 0.0201. The van der Waals surface area contributed by atoms with Crippen molar-refractivity contribution < 1.29 is 42.1 Å². The van der Waals surface area contributed by atoms with E-state index in [9.17, 15) is 18.4 Å². The number of H-pyrrole nitrogens is 2. The minimum absolute atomic E-state index is 0.0674. The highest BCUT2D eigenvalue weighted by molar-refractivity contribution is 5.92. The van der Waals surface area contributed by atoms with Gasteiger partial charge in [-0.3, -0.25) is 9.80 Å². The Morgan fingerprint density at radius 3 is 1.76 bits per heavy atom. The predicted molar refractivity (Wildman–Crippen MR) is 231 cm³/mol. The summed E-state index contributed by atoms with van der Waals surface area (Å²) in [4.78, 5) is 44.9. The molecule has 330 valence electrons. The van der Waals surface area contributed by atoms with E-state index in [1.165, 1.54) is 9.80 Å². The van der Waals surface area contributed by atoms with Gasteiger partial charge in [0.2, 0.25) is 6.23 Å². The molecular formula is C47H51F2N7O7. The van der Waals surface area contributed by atoms with Crippen molar-refractivity contribution in [2.45, 2.75) is 96.2 Å². The summed E-state index contributed by atoms with van der Waals surface area (Å²) in [6.07, 6.45) is -0.621. The molecule has 6 heterocycles. The van der Waals surface area contributed by atoms with Gasteiger partial charge in [0.05, 0.1) is 74.4 Å². The molecule has 2 N–H and O–H groups in total. The monoisotopic (exact) mass is 863 g/mol. The average Bonchev–Trinajstić information content (AvgIpc) is 4.08. The molecule has 63 heavy (non-hydrogen) atoms. The normalized spacial score (nSPS) is 21.0. The number of nitrogens with one attached hydrogen (secondary N) is 2. The number of hydrogen-bond acceptors (Lipinski definition) is 9. The molecule has 16 heteroatoms. The maximum Gasteiger partial charge on any atom is 0.411 e. The number of alkyl halides is 2. The maximum atomic E-state index is 14.8. The number of carbonyl (C=O) groups is 2. The van der Waals surface area contributed by atoms with Gasteiger partial charge in [-0.1, -0.05) is 12.1 Å². The lowest BCUT2D eigenvalue weighted by atomic mass is 10.0. The number of benzene rings is 3. The van der Waals surface area contributed by atoms with Crippen LogP contribution in [0.5, 0.6) is 17.2 Å². The Bertz CT molecular complexity index is 2690. The van der Waals surface area contributed by atoms with Crippen LogP contribution in [-0.2, 0) is 9.47 Å². The van der Waals surface area contributed by atoms with Gasteiger partial charge >= 0.3 is 12.2 Å². The zero-order chi connectivity index (χ0) is 44.5. The average molecular weight is 864 g/mol. The number of aromatic nitrogens is 5. The second-order valence-electron chi connectivity index (χ2n) is 18.3. The van der Waals surface area contributed by atoms with E-state index in [1.807, 2.05) is 42.5 Å². The minimum atomic E-state index is -1.21. The highest BCUT2D eigenvalue weighted by Gasteiger charge is 2.42. The summed E-state index contributed by atoms with van der Waals surface area (Å²) in [6.45, 7) is 10.5. The smallest absolute Gasteiger partial charge is 0.411 e. The summed E-state index contributed by atoms with van der Waals surface area (Å²) in [5.74, 6) is 2.76. The van der Waals surface area contributed by atoms with E-state index >= 15 is 0 Å². The number of halogens is 2. The van der Waals surface area contributed by atoms with Gasteiger partial charge in [0.1, 0.15) is 52.4 Å². The molecule has 6 aromatic rings. The van der Waals surface area contributed by atoms with E-state index < -0.39 is 54.0 Å². The second-order valence-corrected chi connectivity index (χ2v) is 18.3. The Morgan fingerprint density at radius 1 is 0.714 bits per heavy atom. The number of ether oxygens (including phenoxy) is 5. The molecule has 3 aromatic carbocycles. The Labute approximate surface area is 363 Å². The summed E-state index contributed by atoms with van der Waals surface area (Å²) < 4.78 is 61.2. The second kappa shape index (κ2) is 15.6. The number of imidazole rings is 2. The van der Waals surface area contributed by atoms with Crippen molar-refractivity contribution in [2.75, 3.05) is 27.3 Å². The van der Waals surface area contributed by atoms with Crippen LogP contribution in [0, 0.1) is 0 Å². The van der Waals surface area contributed by atoms with Crippen LogP contribution >= 0.6 is 0 Å². The first-order chi connectivity index (χ1) is 29.9. The van der Waals surface area contributed by atoms with Gasteiger partial charge in [-0.15, -0.1) is 0 Å². The van der Waals surface area contributed by atoms with E-state index in [1.54, 1.807) is 74.2 Å². The molecular weight excluding hydrogens is 813 g/mol. The number of methoxy groups -OCH3 is 2. The lowest BCUT2D eigenvalue weighted by Gasteiger charge is -2.31. The van der Waals surface area contributed by atoms with Gasteiger partial charge in [-0.05, 0) is 84.0 Å². The van der Waals surface area contributed by atoms with Crippen molar-refractivity contribution in [1.29, 1.82) is 0 Å². The minimum Gasteiger partial charge on any atom is -0.497 e. The summed E-state index contributed by atoms with van der Waals surface area (Å²) in [5, 5.41) is 0.926. The number of likely N-dealkylation sites (tertiary alicyclic amines) is 2. The van der Waals surface area contributed by atoms with Crippen molar-refractivity contribution in [3.05, 3.63) is 90.3 Å². The van der Waals surface area contributed by atoms with Gasteiger partial charge in [-0.25, -0.2) is 28.3 Å². The van der Waals surface area contributed by atoms with Crippen molar-refractivity contribution >= 4 is 23.1 Å². The molecule has 2 saturated heterocycles. The van der Waals surface area contributed by atoms with E-state index in [0.29, 0.717) is 40.3 Å². The standard InChI is InChI=1S/C47H51F2N7O7/c1-46(2,3)62-44(57)54-23-29(48)18-38(54)41-50-21-34(52-41)25-10-12-36-27(13-25)16-37-33-11-9-26(17-40(33)61-43(56(36)37)28-14-31(59-7)20-32(15-28)60-8)35-22-51-42(53-35)39-19-30(49)24-55(39)45(58)63-47(4,5)6/h9-17,20-22,29-30,38-39,43H,18-19,23-24H2,1-8H3,(H,50,52)(H,51,53)/t29-,30-,38?,39?,43?/m1/s1. The molecule has 5 atom stereocenters. The molecule has 14 nitrogen and oxygen atoms in total. The third-order valence-corrected chi connectivity index (χ3v) is 11.4. The number of nitrogens with zero attached hydrogens (tertiary/aromatic N) is 5. The van der Waals surface area contributed by atoms with Gasteiger partial charge in [-0.2, -0.15) is 0 Å². The predicted octanol–water partition coefficient (Wildman–Crippen LogP) is 10.1. The third-order valence-electron chi connectivity index (χ3n) is 11.4. The van der Waals surface area contributed by atoms with Crippen molar-refractivity contribution in [3.8, 4) is 51.0 Å². The molecule has 3 unspecified atom stereocenters. The first-order valence-electron chi connectivity index (χ1n) is 21.0. The van der Waals surface area contributed by atoms with Crippen LogP contribution in [0.3, 0.4) is 0 Å². The largest absolute Gasteiger partial charge is 0.497 e. The maximum absolute atomic E-state index is 14.8. The molecule has 0 radical (unpaired) electrons. The molecule has 9 rings (SSSR count). The van der Waals surface area contributed by atoms with Crippen molar-refractivity contribution in [3.63, 3.8) is 0 Å². The zero-order valence-corrected chi connectivity index (χ0v) is 36.5. The number of rotatable bonds is 7. The highest BCUT2D eigenvalue weighted by Crippen LogP contribution is 2.47. The number of carbonyl (C=O) groups excluding carboxylic acids is 2. The first kappa shape index (κ1) is 41.8. The van der Waals surface area contributed by atoms with Crippen molar-refractivity contribution in [1.82, 2.24) is 34.3 Å². The van der Waals surface area contributed by atoms with Crippen molar-refractivity contribution in [2.24, 2.45) is 0 Å². The van der Waals surface area contributed by atoms with Crippen LogP contribution in [-0.4, -0.2) is 97.3 Å². The highest BCUT2D eigenvalue weighted by atomic mass is 19.1. The van der Waals surface area contributed by atoms with Crippen LogP contribution in [0.25, 0.3) is 44.7 Å². The van der Waals surface area contributed by atoms with Gasteiger partial charge in [0.15, 0.2) is 0 Å². The van der Waals surface area contributed by atoms with Gasteiger partial charge in [0, 0.05) is 46.5 Å². The van der Waals surface area contributed by atoms with Gasteiger partial charge < -0.3 is 38.2 Å². The molecule has 3 aromatic heterocycles. The SMILES string of the molecule is COc1cc(OC)cc(C2Oc3cc(-c4cnc(C5C[C@@H](F)CN5C(=O)OC(C)(C)C)[nH]4)ccc3-c3cc4cc(-c5cnc(C6C[C@@H](F)CN6C(=O)OC(C)(C)C)[nH]5)ccc4n32)c1. The van der Waals surface area contributed by atoms with E-state index in [4.69, 9.17) is 23.7 Å². The topological polar surface area (TPSA) is 149 Å². The van der Waals surface area contributed by atoms with Crippen LogP contribution in [0.4, 0.5) is 18.4 Å². The Kier molecular flexibility index (Phi) is 10.4. The molecule has 2 amide bonds. The fourth-order valence-electron chi connectivity index (χ4n) is 8.66. The van der Waals surface area contributed by atoms with E-state index in [-0.39, 0.29) is 25.9 Å². The Morgan fingerprint density at radius 2 is 1.24 bits per heavy atom. The summed E-state index contributed by atoms with van der Waals surface area (Å²) in [6, 6.07) is 18.5. The van der Waals surface area contributed by atoms with Crippen LogP contribution in [0.15, 0.2) is 73.1 Å². The van der Waals surface area contributed by atoms with Crippen LogP contribution in [0.1, 0.15) is 89.9 Å². The summed E-state index contributed by atoms with van der Waals surface area (Å²) in [7, 11) is 3.20. The first-order valence-corrected chi connectivity index (χ1v) is 21.0. The number of aromatic amines is 2. The molecule has 2 fully saturated rings. The number of hydrogen-bond donors (Lipinski definition) is 2. The molecule has 0 bridgehead atoms. The Hall–Kier alpha value is -6.58. The molecule has 0 spiro atoms. The molecule has 0 saturated carbocycles. The summed E-state index contributed by atoms with van der Waals surface area (Å²) >= 11 is 0. The zero-order valence-electron chi connectivity index (χ0n) is 36.5. The fourth-order valence-corrected chi connectivity index (χ4v) is 8.66. The molecule has 0 aliphatic carbocycles. The lowest BCUT2D eigenvalue weighted by Crippen LogP contribution is -2.37. The van der Waals surface area contributed by atoms with Crippen LogP contribution < -0.4 is 14.2 Å².